The first-order valence-electron chi connectivity index (χ1n) is 10.1. The number of rotatable bonds is 8. The van der Waals surface area contributed by atoms with Gasteiger partial charge in [0.15, 0.2) is 0 Å². The lowest BCUT2D eigenvalue weighted by molar-refractivity contribution is -0.144. The molecule has 0 spiro atoms. The Morgan fingerprint density at radius 1 is 1.34 bits per heavy atom. The average Bonchev–Trinajstić information content (AvgIpc) is 3.27. The zero-order valence-corrected chi connectivity index (χ0v) is 18.3. The van der Waals surface area contributed by atoms with Crippen LogP contribution in [-0.2, 0) is 19.0 Å². The molecular weight excluding hydrogens is 416 g/mol. The van der Waals surface area contributed by atoms with Crippen LogP contribution in [0.15, 0.2) is 11.6 Å². The van der Waals surface area contributed by atoms with Gasteiger partial charge in [0.1, 0.15) is 18.8 Å². The molecule has 3 aliphatic rings. The number of aliphatic hydroxyl groups excluding tert-OH is 2. The Morgan fingerprint density at radius 3 is 2.90 bits per heavy atom. The minimum absolute atomic E-state index is 0.0491. The fourth-order valence-corrected chi connectivity index (χ4v) is 5.51. The molecule has 0 aromatic heterocycles. The molecule has 3 rings (SSSR count). The molecule has 2 N–H and O–H groups in total. The predicted octanol–water partition coefficient (Wildman–Crippen LogP) is 2.39. The molecule has 0 radical (unpaired) electrons. The van der Waals surface area contributed by atoms with Crippen LogP contribution in [0.2, 0.25) is 0 Å². The van der Waals surface area contributed by atoms with E-state index in [2.05, 4.69) is 13.0 Å². The molecular formula is C20H30O7S2. The minimum Gasteiger partial charge on any atom is -0.459 e. The third kappa shape index (κ3) is 5.91. The molecule has 2 aliphatic heterocycles. The van der Waals surface area contributed by atoms with Gasteiger partial charge in [-0.1, -0.05) is 6.08 Å². The van der Waals surface area contributed by atoms with Crippen molar-refractivity contribution in [2.75, 3.05) is 37.1 Å². The Balaban J connectivity index is 1.65. The highest BCUT2D eigenvalue weighted by Crippen LogP contribution is 2.50. The number of thioether (sulfide) groups is 2. The number of esters is 1. The van der Waals surface area contributed by atoms with Crippen LogP contribution in [0.25, 0.3) is 0 Å². The van der Waals surface area contributed by atoms with Crippen LogP contribution in [0.3, 0.4) is 0 Å². The van der Waals surface area contributed by atoms with Crippen molar-refractivity contribution in [3.05, 3.63) is 11.6 Å². The summed E-state index contributed by atoms with van der Waals surface area (Å²) in [5, 5.41) is 17.5. The van der Waals surface area contributed by atoms with Crippen LogP contribution < -0.4 is 0 Å². The van der Waals surface area contributed by atoms with Crippen LogP contribution in [-0.4, -0.2) is 76.4 Å². The predicted molar refractivity (Wildman–Crippen MR) is 112 cm³/mol. The zero-order chi connectivity index (χ0) is 20.9. The van der Waals surface area contributed by atoms with Crippen molar-refractivity contribution in [3.8, 4) is 0 Å². The molecule has 2 saturated heterocycles. The van der Waals surface area contributed by atoms with Crippen molar-refractivity contribution in [2.45, 2.75) is 50.4 Å². The summed E-state index contributed by atoms with van der Waals surface area (Å²) in [6.07, 6.45) is 5.01. The van der Waals surface area contributed by atoms with Gasteiger partial charge in [0.05, 0.1) is 24.7 Å². The minimum atomic E-state index is -0.384. The second kappa shape index (κ2) is 10.5. The van der Waals surface area contributed by atoms with Crippen molar-refractivity contribution in [2.24, 2.45) is 11.8 Å². The number of aliphatic hydroxyl groups is 2. The average molecular weight is 447 g/mol. The van der Waals surface area contributed by atoms with E-state index in [1.54, 1.807) is 11.8 Å². The maximum atomic E-state index is 12.5. The third-order valence-corrected chi connectivity index (χ3v) is 7.63. The summed E-state index contributed by atoms with van der Waals surface area (Å²) in [5.41, 5.74) is 0.772. The first-order valence-corrected chi connectivity index (χ1v) is 12.3. The fourth-order valence-electron chi connectivity index (χ4n) is 4.17. The van der Waals surface area contributed by atoms with Gasteiger partial charge in [0.2, 0.25) is 0 Å². The number of ether oxygens (including phenoxy) is 3. The Morgan fingerprint density at radius 2 is 2.14 bits per heavy atom. The van der Waals surface area contributed by atoms with E-state index in [-0.39, 0.29) is 60.7 Å². The first kappa shape index (κ1) is 22.9. The Bertz CT molecular complexity index is 626. The summed E-state index contributed by atoms with van der Waals surface area (Å²) in [6, 6.07) is 0. The molecule has 0 bridgehead atoms. The molecule has 0 saturated carbocycles. The number of fused-ring (bicyclic) bond motifs is 3. The molecule has 0 amide bonds. The van der Waals surface area contributed by atoms with Gasteiger partial charge in [-0.05, 0) is 49.9 Å². The number of hydrogen-bond donors (Lipinski definition) is 2. The number of carbonyl (C=O) groups excluding carboxylic acids is 2. The summed E-state index contributed by atoms with van der Waals surface area (Å²) in [5.74, 6) is 1.25. The van der Waals surface area contributed by atoms with Gasteiger partial charge in [-0.15, -0.1) is 0 Å². The monoisotopic (exact) mass is 446 g/mol. The Labute approximate surface area is 179 Å². The van der Waals surface area contributed by atoms with Crippen molar-refractivity contribution >= 4 is 34.8 Å². The van der Waals surface area contributed by atoms with Gasteiger partial charge in [-0.3, -0.25) is 4.79 Å². The van der Waals surface area contributed by atoms with Crippen LogP contribution in [0.4, 0.5) is 4.79 Å². The number of hydrogen-bond acceptors (Lipinski definition) is 9. The van der Waals surface area contributed by atoms with Crippen molar-refractivity contribution in [1.29, 1.82) is 0 Å². The van der Waals surface area contributed by atoms with Crippen molar-refractivity contribution in [3.63, 3.8) is 0 Å². The molecule has 2 heterocycles. The van der Waals surface area contributed by atoms with Crippen LogP contribution in [0.1, 0.15) is 32.6 Å². The van der Waals surface area contributed by atoms with Gasteiger partial charge in [-0.25, -0.2) is 4.79 Å². The van der Waals surface area contributed by atoms with E-state index in [4.69, 9.17) is 24.4 Å². The molecule has 0 aromatic rings. The summed E-state index contributed by atoms with van der Waals surface area (Å²) in [6.45, 7) is 2.33. The van der Waals surface area contributed by atoms with Gasteiger partial charge in [-0.2, -0.15) is 11.8 Å². The van der Waals surface area contributed by atoms with E-state index < -0.39 is 0 Å². The largest absolute Gasteiger partial charge is 0.459 e. The molecule has 7 nitrogen and oxygen atoms in total. The summed E-state index contributed by atoms with van der Waals surface area (Å²) in [7, 11) is 0. The van der Waals surface area contributed by atoms with E-state index >= 15 is 0 Å². The summed E-state index contributed by atoms with van der Waals surface area (Å²) in [4.78, 5) is 24.3. The van der Waals surface area contributed by atoms with E-state index in [1.807, 2.05) is 0 Å². The lowest BCUT2D eigenvalue weighted by atomic mass is 9.81. The van der Waals surface area contributed by atoms with Crippen molar-refractivity contribution in [1.82, 2.24) is 0 Å². The highest BCUT2D eigenvalue weighted by Gasteiger charge is 2.62. The normalized spacial score (nSPS) is 35.7. The van der Waals surface area contributed by atoms with Gasteiger partial charge >= 0.3 is 11.3 Å². The Kier molecular flexibility index (Phi) is 8.32. The zero-order valence-electron chi connectivity index (χ0n) is 16.7. The lowest BCUT2D eigenvalue weighted by Gasteiger charge is -2.22. The second-order valence-corrected chi connectivity index (χ2v) is 10.1. The summed E-state index contributed by atoms with van der Waals surface area (Å²) < 4.78 is 17.1. The van der Waals surface area contributed by atoms with E-state index in [1.165, 1.54) is 0 Å². The third-order valence-electron chi connectivity index (χ3n) is 5.83. The molecule has 164 valence electrons. The smallest absolute Gasteiger partial charge is 0.367 e. The fraction of sp³-hybridized carbons (Fsp3) is 0.800. The van der Waals surface area contributed by atoms with E-state index in [0.717, 1.165) is 43.0 Å². The molecule has 1 aliphatic carbocycles. The Hall–Kier alpha value is -0.740. The molecule has 9 heteroatoms. The van der Waals surface area contributed by atoms with Crippen LogP contribution in [0, 0.1) is 11.8 Å². The standard InChI is InChI=1S/C20H30O7S2/c1-20-6-2-3-13(11-25-19(24)29-10-8-22)4-5-14-15(12-28-9-7-21)18(23)26-16(14)17(20)27-20/h3,14-17,21-22H,2,4-12H2,1H3/b13-3+/t14?,15?,16-,17-,20+/m0/s1. The van der Waals surface area contributed by atoms with Gasteiger partial charge < -0.3 is 24.4 Å². The second-order valence-electron chi connectivity index (χ2n) is 7.87. The maximum Gasteiger partial charge on any atom is 0.367 e. The number of allylic oxidation sites excluding steroid dienone is 1. The molecule has 29 heavy (non-hydrogen) atoms. The van der Waals surface area contributed by atoms with Crippen LogP contribution in [0.5, 0.6) is 0 Å². The molecule has 2 unspecified atom stereocenters. The highest BCUT2D eigenvalue weighted by atomic mass is 32.2. The van der Waals surface area contributed by atoms with E-state index in [0.29, 0.717) is 17.3 Å². The maximum absolute atomic E-state index is 12.5. The highest BCUT2D eigenvalue weighted by molar-refractivity contribution is 8.13. The summed E-state index contributed by atoms with van der Waals surface area (Å²) >= 11 is 2.54. The molecule has 0 aromatic carbocycles. The molecule has 5 atom stereocenters. The topological polar surface area (TPSA) is 106 Å². The quantitative estimate of drug-likeness (QED) is 0.252. The van der Waals surface area contributed by atoms with Crippen molar-refractivity contribution < 1.29 is 34.0 Å². The lowest BCUT2D eigenvalue weighted by Crippen LogP contribution is -2.31. The SMILES string of the molecule is C[C@@]12CC/C=C(/COC(=O)SCCO)CCC3C(CSCCO)C(=O)O[C@@H]3[C@@H]1O2. The number of carbonyl (C=O) groups is 2. The van der Waals surface area contributed by atoms with Gasteiger partial charge in [0.25, 0.3) is 0 Å². The number of epoxide rings is 1. The van der Waals surface area contributed by atoms with Crippen LogP contribution >= 0.6 is 23.5 Å². The molecule has 2 fully saturated rings. The van der Waals surface area contributed by atoms with E-state index in [9.17, 15) is 9.59 Å². The van der Waals surface area contributed by atoms with Gasteiger partial charge in [0, 0.05) is 23.2 Å². The first-order chi connectivity index (χ1) is 14.0.